The number of nitrogens with one attached hydrogen (secondary N) is 4. The lowest BCUT2D eigenvalue weighted by molar-refractivity contribution is 0.171. The molecule has 0 amide bonds. The van der Waals surface area contributed by atoms with Crippen molar-refractivity contribution in [3.63, 3.8) is 0 Å². The molecule has 5 N–H and O–H groups in total. The molecule has 0 bridgehead atoms. The number of hydrogen-bond donors (Lipinski definition) is 5. The lowest BCUT2D eigenvalue weighted by Gasteiger charge is -2.25. The number of anilines is 2. The second-order valence-electron chi connectivity index (χ2n) is 11.4. The number of fused-ring (bicyclic) bond motifs is 2. The number of hydrazine groups is 2. The first-order valence-corrected chi connectivity index (χ1v) is 14.4. The molecule has 2 aromatic heterocycles. The molecule has 11 heteroatoms. The Hall–Kier alpha value is -4.56. The van der Waals surface area contributed by atoms with Gasteiger partial charge in [0.15, 0.2) is 0 Å². The SMILES string of the molecule is C=C(CC)N1C=C([C@@H](Nc2cc(Cl)c3ncc(C#N)c(NCC(C)(C)CO)c3c2)c2cccc3c(=O)n(C)ccc23)NN1. The predicted molar refractivity (Wildman–Crippen MR) is 172 cm³/mol. The standard InChI is InChI=1S/C32H35ClN8O2/c1-6-19(2)41-16-27(38-39-41)30(23-8-7-9-24-22(23)10-11-40(5)31(24)43)37-21-12-25-28(36-17-32(3,4)18-42)20(14-34)15-35-29(25)26(33)13-21/h7-13,15-16,30,37-39,42H,2,6,17-18H2,1,3-5H3,(H,35,36)/t30-/m0/s1. The van der Waals surface area contributed by atoms with Gasteiger partial charge in [-0.2, -0.15) is 5.26 Å². The highest BCUT2D eigenvalue weighted by Crippen LogP contribution is 2.37. The molecule has 0 saturated carbocycles. The van der Waals surface area contributed by atoms with Gasteiger partial charge in [0.05, 0.1) is 33.5 Å². The second kappa shape index (κ2) is 12.0. The molecule has 3 heterocycles. The maximum Gasteiger partial charge on any atom is 0.258 e. The van der Waals surface area contributed by atoms with Gasteiger partial charge in [0.1, 0.15) is 6.07 Å². The second-order valence-corrected chi connectivity index (χ2v) is 11.8. The fourth-order valence-electron chi connectivity index (χ4n) is 4.96. The number of rotatable bonds is 10. The highest BCUT2D eigenvalue weighted by atomic mass is 35.5. The van der Waals surface area contributed by atoms with Gasteiger partial charge in [-0.1, -0.05) is 51.1 Å². The summed E-state index contributed by atoms with van der Waals surface area (Å²) in [5, 5.41) is 31.0. The minimum absolute atomic E-state index is 0.0219. The average molecular weight is 599 g/mol. The maximum absolute atomic E-state index is 13.0. The summed E-state index contributed by atoms with van der Waals surface area (Å²) in [6.07, 6.45) is 5.95. The van der Waals surface area contributed by atoms with E-state index in [1.165, 1.54) is 6.20 Å². The molecule has 5 rings (SSSR count). The van der Waals surface area contributed by atoms with Crippen molar-refractivity contribution in [2.75, 3.05) is 23.8 Å². The zero-order valence-corrected chi connectivity index (χ0v) is 25.4. The van der Waals surface area contributed by atoms with Gasteiger partial charge in [-0.15, -0.1) is 5.53 Å². The summed E-state index contributed by atoms with van der Waals surface area (Å²) in [5.41, 5.74) is 10.6. The number of aliphatic hydroxyl groups excluding tert-OH is 1. The summed E-state index contributed by atoms with van der Waals surface area (Å²) in [6, 6.07) is 13.1. The Morgan fingerprint density at radius 1 is 1.26 bits per heavy atom. The Labute approximate surface area is 255 Å². The van der Waals surface area contributed by atoms with Crippen LogP contribution < -0.4 is 27.2 Å². The summed E-state index contributed by atoms with van der Waals surface area (Å²) in [6.45, 7) is 10.4. The molecule has 43 heavy (non-hydrogen) atoms. The van der Waals surface area contributed by atoms with E-state index in [0.29, 0.717) is 44.8 Å². The van der Waals surface area contributed by atoms with Crippen LogP contribution in [0.15, 0.2) is 77.8 Å². The van der Waals surface area contributed by atoms with E-state index in [1.54, 1.807) is 23.9 Å². The summed E-state index contributed by atoms with van der Waals surface area (Å²) in [4.78, 5) is 17.5. The number of benzene rings is 2. The molecule has 0 spiro atoms. The molecule has 2 aromatic carbocycles. The van der Waals surface area contributed by atoms with Gasteiger partial charge in [0, 0.05) is 66.4 Å². The van der Waals surface area contributed by atoms with Crippen LogP contribution in [-0.4, -0.2) is 32.8 Å². The van der Waals surface area contributed by atoms with E-state index in [0.717, 1.165) is 28.8 Å². The number of halogens is 1. The van der Waals surface area contributed by atoms with Crippen molar-refractivity contribution in [3.8, 4) is 6.07 Å². The molecule has 0 radical (unpaired) electrons. The lowest BCUT2D eigenvalue weighted by Crippen LogP contribution is -2.36. The third-order valence-electron chi connectivity index (χ3n) is 7.64. The van der Waals surface area contributed by atoms with Crippen LogP contribution in [0.5, 0.6) is 0 Å². The number of nitrogens with zero attached hydrogens (tertiary/aromatic N) is 4. The maximum atomic E-state index is 13.0. The van der Waals surface area contributed by atoms with Crippen LogP contribution >= 0.6 is 11.6 Å². The fourth-order valence-corrected chi connectivity index (χ4v) is 5.23. The minimum atomic E-state index is -0.441. The number of pyridine rings is 2. The van der Waals surface area contributed by atoms with Crippen molar-refractivity contribution in [2.45, 2.75) is 33.2 Å². The number of aliphatic hydroxyl groups is 1. The Bertz CT molecular complexity index is 1860. The number of nitriles is 1. The molecule has 10 nitrogen and oxygen atoms in total. The van der Waals surface area contributed by atoms with E-state index in [9.17, 15) is 15.2 Å². The Morgan fingerprint density at radius 3 is 2.77 bits per heavy atom. The van der Waals surface area contributed by atoms with Gasteiger partial charge >= 0.3 is 0 Å². The minimum Gasteiger partial charge on any atom is -0.396 e. The van der Waals surface area contributed by atoms with Crippen LogP contribution in [0.1, 0.15) is 44.4 Å². The monoisotopic (exact) mass is 598 g/mol. The first-order valence-electron chi connectivity index (χ1n) is 14.0. The van der Waals surface area contributed by atoms with E-state index in [4.69, 9.17) is 11.6 Å². The van der Waals surface area contributed by atoms with Crippen molar-refractivity contribution < 1.29 is 5.11 Å². The van der Waals surface area contributed by atoms with Gasteiger partial charge in [-0.25, -0.2) is 0 Å². The molecule has 0 aliphatic carbocycles. The summed E-state index contributed by atoms with van der Waals surface area (Å²) < 4.78 is 1.56. The van der Waals surface area contributed by atoms with Crippen LogP contribution in [-0.2, 0) is 7.05 Å². The molecular weight excluding hydrogens is 564 g/mol. The third-order valence-corrected chi connectivity index (χ3v) is 7.93. The first kappa shape index (κ1) is 29.9. The number of aryl methyl sites for hydroxylation is 1. The summed E-state index contributed by atoms with van der Waals surface area (Å²) >= 11 is 6.79. The molecule has 222 valence electrons. The van der Waals surface area contributed by atoms with E-state index >= 15 is 0 Å². The van der Waals surface area contributed by atoms with Crippen LogP contribution in [0, 0.1) is 16.7 Å². The molecule has 4 aromatic rings. The van der Waals surface area contributed by atoms with Gasteiger partial charge in [0.2, 0.25) is 0 Å². The highest BCUT2D eigenvalue weighted by Gasteiger charge is 2.26. The van der Waals surface area contributed by atoms with Crippen LogP contribution in [0.4, 0.5) is 11.4 Å². The lowest BCUT2D eigenvalue weighted by atomic mass is 9.94. The number of aromatic nitrogens is 2. The first-order chi connectivity index (χ1) is 20.6. The molecule has 0 fully saturated rings. The Balaban J connectivity index is 1.66. The predicted octanol–water partition coefficient (Wildman–Crippen LogP) is 5.29. The molecule has 0 unspecified atom stereocenters. The topological polar surface area (TPSA) is 130 Å². The molecule has 1 atom stereocenters. The smallest absolute Gasteiger partial charge is 0.258 e. The highest BCUT2D eigenvalue weighted by molar-refractivity contribution is 6.35. The molecule has 0 saturated heterocycles. The average Bonchev–Trinajstić information content (AvgIpc) is 3.50. The molecular formula is C32H35ClN8O2. The van der Waals surface area contributed by atoms with Crippen molar-refractivity contribution in [2.24, 2.45) is 12.5 Å². The van der Waals surface area contributed by atoms with Crippen molar-refractivity contribution in [1.29, 1.82) is 5.26 Å². The van der Waals surface area contributed by atoms with Crippen molar-refractivity contribution in [3.05, 3.63) is 99.5 Å². The summed E-state index contributed by atoms with van der Waals surface area (Å²) in [7, 11) is 1.73. The Morgan fingerprint density at radius 2 is 2.05 bits per heavy atom. The van der Waals surface area contributed by atoms with Crippen LogP contribution in [0.25, 0.3) is 21.7 Å². The summed E-state index contributed by atoms with van der Waals surface area (Å²) in [5.74, 6) is 0. The van der Waals surface area contributed by atoms with Crippen LogP contribution in [0.2, 0.25) is 5.02 Å². The van der Waals surface area contributed by atoms with Gasteiger partial charge in [-0.3, -0.25) is 14.8 Å². The zero-order chi connectivity index (χ0) is 30.9. The van der Waals surface area contributed by atoms with Gasteiger partial charge < -0.3 is 25.7 Å². The third kappa shape index (κ3) is 5.88. The van der Waals surface area contributed by atoms with E-state index < -0.39 is 11.5 Å². The number of allylic oxidation sites excluding steroid dienone is 1. The van der Waals surface area contributed by atoms with E-state index in [2.05, 4.69) is 39.2 Å². The van der Waals surface area contributed by atoms with Crippen LogP contribution in [0.3, 0.4) is 0 Å². The quantitative estimate of drug-likeness (QED) is 0.165. The van der Waals surface area contributed by atoms with Crippen molar-refractivity contribution >= 4 is 44.7 Å². The van der Waals surface area contributed by atoms with E-state index in [-0.39, 0.29) is 12.2 Å². The van der Waals surface area contributed by atoms with E-state index in [1.807, 2.05) is 62.3 Å². The normalized spacial score (nSPS) is 13.9. The fraction of sp³-hybridized carbons (Fsp3) is 0.281. The largest absolute Gasteiger partial charge is 0.396 e. The van der Waals surface area contributed by atoms with Crippen molar-refractivity contribution in [1.82, 2.24) is 25.5 Å². The molecule has 1 aliphatic heterocycles. The molecule has 1 aliphatic rings. The van der Waals surface area contributed by atoms with Gasteiger partial charge in [0.25, 0.3) is 5.56 Å². The zero-order valence-electron chi connectivity index (χ0n) is 24.6. The van der Waals surface area contributed by atoms with Gasteiger partial charge in [-0.05, 0) is 41.6 Å². The Kier molecular flexibility index (Phi) is 8.33. The number of hydrogen-bond acceptors (Lipinski definition) is 9.